The van der Waals surface area contributed by atoms with E-state index in [0.717, 1.165) is 16.9 Å². The van der Waals surface area contributed by atoms with Gasteiger partial charge < -0.3 is 4.57 Å². The Hall–Kier alpha value is -2.39. The number of aryl methyl sites for hydroxylation is 1. The second-order valence-corrected chi connectivity index (χ2v) is 5.16. The number of allylic oxidation sites excluding steroid dienone is 1. The number of imidazole rings is 1. The van der Waals surface area contributed by atoms with Crippen LogP contribution in [0.4, 0.5) is 0 Å². The summed E-state index contributed by atoms with van der Waals surface area (Å²) < 4.78 is 1.96. The minimum Gasteiger partial charge on any atom is -0.328 e. The number of fused-ring (bicyclic) bond motifs is 1. The highest BCUT2D eigenvalue weighted by Gasteiger charge is 2.05. The van der Waals surface area contributed by atoms with Gasteiger partial charge in [0, 0.05) is 17.6 Å². The molecule has 0 aliphatic rings. The molecular formula is C17H13ClN2O. The highest BCUT2D eigenvalue weighted by molar-refractivity contribution is 6.30. The molecule has 0 atom stereocenters. The molecule has 104 valence electrons. The summed E-state index contributed by atoms with van der Waals surface area (Å²) in [5.74, 6) is 0.678. The van der Waals surface area contributed by atoms with E-state index in [1.54, 1.807) is 30.3 Å². The standard InChI is InChI=1S/C17H13ClN2O/c1-20-15-5-3-2-4-14(15)19-17(20)11-10-16(21)12-6-8-13(18)9-7-12/h2-11H,1H3/b11-10+. The van der Waals surface area contributed by atoms with Gasteiger partial charge in [-0.15, -0.1) is 0 Å². The Morgan fingerprint density at radius 2 is 1.86 bits per heavy atom. The Balaban J connectivity index is 1.89. The van der Waals surface area contributed by atoms with Gasteiger partial charge in [0.25, 0.3) is 0 Å². The second kappa shape index (κ2) is 5.54. The van der Waals surface area contributed by atoms with Crippen LogP contribution in [0, 0.1) is 0 Å². The van der Waals surface area contributed by atoms with Gasteiger partial charge in [-0.1, -0.05) is 23.7 Å². The van der Waals surface area contributed by atoms with Crippen molar-refractivity contribution < 1.29 is 4.79 Å². The lowest BCUT2D eigenvalue weighted by atomic mass is 10.1. The molecule has 0 spiro atoms. The number of ketones is 1. The van der Waals surface area contributed by atoms with Crippen molar-refractivity contribution in [2.75, 3.05) is 0 Å². The third kappa shape index (κ3) is 2.73. The zero-order chi connectivity index (χ0) is 14.8. The number of hydrogen-bond donors (Lipinski definition) is 0. The molecule has 0 saturated carbocycles. The number of para-hydroxylation sites is 2. The Kier molecular flexibility index (Phi) is 3.59. The van der Waals surface area contributed by atoms with Gasteiger partial charge in [0.1, 0.15) is 5.82 Å². The van der Waals surface area contributed by atoms with E-state index in [9.17, 15) is 4.79 Å². The topological polar surface area (TPSA) is 34.9 Å². The normalized spacial score (nSPS) is 11.3. The summed E-state index contributed by atoms with van der Waals surface area (Å²) >= 11 is 5.81. The molecule has 4 heteroatoms. The van der Waals surface area contributed by atoms with E-state index in [-0.39, 0.29) is 5.78 Å². The quantitative estimate of drug-likeness (QED) is 0.538. The first-order chi connectivity index (χ1) is 10.1. The minimum absolute atomic E-state index is 0.0706. The van der Waals surface area contributed by atoms with Crippen LogP contribution in [-0.4, -0.2) is 15.3 Å². The van der Waals surface area contributed by atoms with Crippen molar-refractivity contribution in [1.29, 1.82) is 0 Å². The molecule has 21 heavy (non-hydrogen) atoms. The molecule has 0 amide bonds. The summed E-state index contributed by atoms with van der Waals surface area (Å²) in [5.41, 5.74) is 2.56. The molecule has 0 aliphatic carbocycles. The average Bonchev–Trinajstić information content (AvgIpc) is 2.82. The van der Waals surface area contributed by atoms with Gasteiger partial charge in [-0.3, -0.25) is 4.79 Å². The van der Waals surface area contributed by atoms with Crippen LogP contribution in [0.15, 0.2) is 54.6 Å². The van der Waals surface area contributed by atoms with E-state index in [1.807, 2.05) is 35.9 Å². The van der Waals surface area contributed by atoms with Gasteiger partial charge in [-0.2, -0.15) is 0 Å². The maximum atomic E-state index is 12.1. The largest absolute Gasteiger partial charge is 0.328 e. The summed E-state index contributed by atoms with van der Waals surface area (Å²) in [7, 11) is 1.93. The molecule has 1 heterocycles. The summed E-state index contributed by atoms with van der Waals surface area (Å²) in [4.78, 5) is 16.6. The molecule has 1 aromatic heterocycles. The Morgan fingerprint density at radius 3 is 2.57 bits per heavy atom. The van der Waals surface area contributed by atoms with Crippen molar-refractivity contribution in [2.45, 2.75) is 0 Å². The minimum atomic E-state index is -0.0706. The van der Waals surface area contributed by atoms with Crippen LogP contribution in [-0.2, 0) is 7.05 Å². The number of rotatable bonds is 3. The van der Waals surface area contributed by atoms with Crippen molar-refractivity contribution in [2.24, 2.45) is 7.05 Å². The SMILES string of the molecule is Cn1c(/C=C/C(=O)c2ccc(Cl)cc2)nc2ccccc21. The third-order valence-electron chi connectivity index (χ3n) is 3.33. The molecule has 2 aromatic carbocycles. The second-order valence-electron chi connectivity index (χ2n) is 4.72. The lowest BCUT2D eigenvalue weighted by molar-refractivity contribution is 0.104. The van der Waals surface area contributed by atoms with Gasteiger partial charge in [0.05, 0.1) is 11.0 Å². The molecule has 0 N–H and O–H groups in total. The smallest absolute Gasteiger partial charge is 0.185 e. The zero-order valence-corrected chi connectivity index (χ0v) is 12.2. The lowest BCUT2D eigenvalue weighted by Gasteiger charge is -1.97. The molecule has 3 aromatic rings. The van der Waals surface area contributed by atoms with Gasteiger partial charge in [0.2, 0.25) is 0 Å². The van der Waals surface area contributed by atoms with Crippen LogP contribution in [0.2, 0.25) is 5.02 Å². The molecule has 0 radical (unpaired) electrons. The number of nitrogens with zero attached hydrogens (tertiary/aromatic N) is 2. The Labute approximate surface area is 127 Å². The predicted molar refractivity (Wildman–Crippen MR) is 85.5 cm³/mol. The van der Waals surface area contributed by atoms with E-state index in [0.29, 0.717) is 10.6 Å². The van der Waals surface area contributed by atoms with Gasteiger partial charge >= 0.3 is 0 Å². The summed E-state index contributed by atoms with van der Waals surface area (Å²) in [6.45, 7) is 0. The van der Waals surface area contributed by atoms with Crippen LogP contribution < -0.4 is 0 Å². The van der Waals surface area contributed by atoms with E-state index in [4.69, 9.17) is 11.6 Å². The fourth-order valence-electron chi connectivity index (χ4n) is 2.17. The maximum Gasteiger partial charge on any atom is 0.185 e. The number of hydrogen-bond acceptors (Lipinski definition) is 2. The monoisotopic (exact) mass is 296 g/mol. The number of carbonyl (C=O) groups excluding carboxylic acids is 1. The van der Waals surface area contributed by atoms with Crippen LogP contribution in [0.25, 0.3) is 17.1 Å². The maximum absolute atomic E-state index is 12.1. The van der Waals surface area contributed by atoms with Crippen LogP contribution >= 0.6 is 11.6 Å². The van der Waals surface area contributed by atoms with Crippen molar-refractivity contribution in [3.63, 3.8) is 0 Å². The highest BCUT2D eigenvalue weighted by Crippen LogP contribution is 2.16. The van der Waals surface area contributed by atoms with Crippen LogP contribution in [0.5, 0.6) is 0 Å². The van der Waals surface area contributed by atoms with Gasteiger partial charge in [-0.25, -0.2) is 4.98 Å². The van der Waals surface area contributed by atoms with Crippen molar-refractivity contribution in [1.82, 2.24) is 9.55 Å². The highest BCUT2D eigenvalue weighted by atomic mass is 35.5. The summed E-state index contributed by atoms with van der Waals surface area (Å²) in [6, 6.07) is 14.7. The van der Waals surface area contributed by atoms with E-state index < -0.39 is 0 Å². The number of benzene rings is 2. The van der Waals surface area contributed by atoms with Crippen molar-refractivity contribution in [3.05, 3.63) is 71.0 Å². The summed E-state index contributed by atoms with van der Waals surface area (Å²) in [5, 5.41) is 0.617. The Morgan fingerprint density at radius 1 is 1.14 bits per heavy atom. The van der Waals surface area contributed by atoms with Crippen molar-refractivity contribution >= 4 is 34.5 Å². The lowest BCUT2D eigenvalue weighted by Crippen LogP contribution is -1.95. The summed E-state index contributed by atoms with van der Waals surface area (Å²) in [6.07, 6.45) is 3.27. The molecule has 0 bridgehead atoms. The first kappa shape index (κ1) is 13.6. The third-order valence-corrected chi connectivity index (χ3v) is 3.59. The molecule has 3 nitrogen and oxygen atoms in total. The fourth-order valence-corrected chi connectivity index (χ4v) is 2.30. The number of aromatic nitrogens is 2. The van der Waals surface area contributed by atoms with Crippen molar-refractivity contribution in [3.8, 4) is 0 Å². The van der Waals surface area contributed by atoms with E-state index >= 15 is 0 Å². The number of halogens is 1. The first-order valence-electron chi connectivity index (χ1n) is 6.54. The van der Waals surface area contributed by atoms with Crippen LogP contribution in [0.1, 0.15) is 16.2 Å². The molecule has 0 aliphatic heterocycles. The molecule has 0 unspecified atom stereocenters. The van der Waals surface area contributed by atoms with E-state index in [1.165, 1.54) is 6.08 Å². The molecule has 0 fully saturated rings. The molecular weight excluding hydrogens is 284 g/mol. The van der Waals surface area contributed by atoms with Gasteiger partial charge in [0.15, 0.2) is 5.78 Å². The molecule has 0 saturated heterocycles. The molecule has 3 rings (SSSR count). The van der Waals surface area contributed by atoms with Crippen LogP contribution in [0.3, 0.4) is 0 Å². The average molecular weight is 297 g/mol. The first-order valence-corrected chi connectivity index (χ1v) is 6.92. The fraction of sp³-hybridized carbons (Fsp3) is 0.0588. The number of carbonyl (C=O) groups is 1. The Bertz CT molecular complexity index is 832. The van der Waals surface area contributed by atoms with E-state index in [2.05, 4.69) is 4.98 Å². The predicted octanol–water partition coefficient (Wildman–Crippen LogP) is 4.12. The zero-order valence-electron chi connectivity index (χ0n) is 11.5. The van der Waals surface area contributed by atoms with Gasteiger partial charge in [-0.05, 0) is 48.6 Å².